The minimum absolute atomic E-state index is 0.0325. The van der Waals surface area contributed by atoms with E-state index >= 15 is 0 Å². The number of carbonyl (C=O) groups excluding carboxylic acids is 1. The van der Waals surface area contributed by atoms with Crippen molar-refractivity contribution in [1.82, 2.24) is 0 Å². The molecule has 0 saturated carbocycles. The number of aromatic hydroxyl groups is 1. The fourth-order valence-electron chi connectivity index (χ4n) is 8.41. The smallest absolute Gasteiger partial charge is 0.343 e. The lowest BCUT2D eigenvalue weighted by molar-refractivity contribution is 0.0733. The van der Waals surface area contributed by atoms with Gasteiger partial charge in [0.05, 0.1) is 37.7 Å². The summed E-state index contributed by atoms with van der Waals surface area (Å²) in [6.45, 7) is 11.3. The van der Waals surface area contributed by atoms with E-state index in [2.05, 4.69) is 32.7 Å². The van der Waals surface area contributed by atoms with Crippen LogP contribution in [0.4, 0.5) is 5.69 Å². The number of ether oxygens (including phenoxy) is 5. The van der Waals surface area contributed by atoms with Gasteiger partial charge in [-0.25, -0.2) is 4.79 Å². The summed E-state index contributed by atoms with van der Waals surface area (Å²) in [7, 11) is 0. The summed E-state index contributed by atoms with van der Waals surface area (Å²) in [4.78, 5) is 18.6. The van der Waals surface area contributed by atoms with Crippen molar-refractivity contribution in [2.45, 2.75) is 233 Å². The molecular formula is C60H95NO7. The molecule has 0 aromatic heterocycles. The molecule has 0 bridgehead atoms. The zero-order chi connectivity index (χ0) is 48.5. The van der Waals surface area contributed by atoms with Crippen molar-refractivity contribution >= 4 is 17.9 Å². The molecule has 0 aliphatic rings. The van der Waals surface area contributed by atoms with Crippen LogP contribution < -0.4 is 23.7 Å². The number of phenols is 1. The van der Waals surface area contributed by atoms with Crippen LogP contribution in [-0.2, 0) is 0 Å². The molecule has 0 aliphatic carbocycles. The van der Waals surface area contributed by atoms with E-state index in [1.807, 2.05) is 24.3 Å². The van der Waals surface area contributed by atoms with Crippen LogP contribution in [0.15, 0.2) is 59.6 Å². The number of esters is 1. The lowest BCUT2D eigenvalue weighted by atomic mass is 10.1. The highest BCUT2D eigenvalue weighted by Crippen LogP contribution is 2.40. The molecule has 0 heterocycles. The third-order valence-electron chi connectivity index (χ3n) is 12.6. The van der Waals surface area contributed by atoms with E-state index in [1.165, 1.54) is 167 Å². The standard InChI is InChI=1S/C60H95NO7/c1-5-9-13-17-21-25-29-33-41-64-55-39-37-53(38-40-55)61-50-51-45-54(62)49-56(46-51)68-60(63)52-47-57(65-42-34-30-26-22-18-14-10-6-2)59(67-44-36-32-28-24-20-16-12-8-4)58(48-52)66-43-35-31-27-23-19-15-11-7-3/h37-40,45-50,62H,5-36,41-44H2,1-4H3. The van der Waals surface area contributed by atoms with Gasteiger partial charge in [0.2, 0.25) is 5.75 Å². The van der Waals surface area contributed by atoms with Gasteiger partial charge in [-0.2, -0.15) is 0 Å². The van der Waals surface area contributed by atoms with Crippen LogP contribution >= 0.6 is 0 Å². The van der Waals surface area contributed by atoms with Crippen molar-refractivity contribution in [3.05, 3.63) is 65.7 Å². The maximum atomic E-state index is 14.0. The summed E-state index contributed by atoms with van der Waals surface area (Å²) < 4.78 is 31.4. The maximum absolute atomic E-state index is 14.0. The van der Waals surface area contributed by atoms with Crippen LogP contribution in [0.1, 0.15) is 249 Å². The second-order valence-corrected chi connectivity index (χ2v) is 19.0. The predicted octanol–water partition coefficient (Wildman–Crippen LogP) is 18.4. The first-order chi connectivity index (χ1) is 33.5. The third kappa shape index (κ3) is 27.7. The molecule has 3 aromatic rings. The molecule has 0 atom stereocenters. The van der Waals surface area contributed by atoms with Crippen molar-refractivity contribution in [2.24, 2.45) is 4.99 Å². The Morgan fingerprint density at radius 1 is 0.441 bits per heavy atom. The molecule has 8 nitrogen and oxygen atoms in total. The normalized spacial score (nSPS) is 11.4. The number of phenolic OH excluding ortho intramolecular Hbond substituents is 1. The van der Waals surface area contributed by atoms with Gasteiger partial charge in [0.1, 0.15) is 17.2 Å². The van der Waals surface area contributed by atoms with E-state index in [-0.39, 0.29) is 11.5 Å². The van der Waals surface area contributed by atoms with E-state index in [1.54, 1.807) is 30.5 Å². The molecule has 1 N–H and O–H groups in total. The maximum Gasteiger partial charge on any atom is 0.343 e. The first kappa shape index (κ1) is 58.1. The second-order valence-electron chi connectivity index (χ2n) is 19.0. The summed E-state index contributed by atoms with van der Waals surface area (Å²) in [6.07, 6.45) is 40.6. The largest absolute Gasteiger partial charge is 0.508 e. The Labute approximate surface area is 414 Å². The molecule has 0 aliphatic heterocycles. The highest BCUT2D eigenvalue weighted by atomic mass is 16.5. The number of rotatable bonds is 44. The molecule has 0 amide bonds. The fraction of sp³-hybridized carbons (Fsp3) is 0.667. The molecule has 0 radical (unpaired) electrons. The number of nitrogens with zero attached hydrogens (tertiary/aromatic N) is 1. The van der Waals surface area contributed by atoms with Gasteiger partial charge < -0.3 is 28.8 Å². The Balaban J connectivity index is 1.72. The fourth-order valence-corrected chi connectivity index (χ4v) is 8.41. The van der Waals surface area contributed by atoms with Gasteiger partial charge >= 0.3 is 5.97 Å². The number of aliphatic imine (C=N–C) groups is 1. The molecule has 68 heavy (non-hydrogen) atoms. The van der Waals surface area contributed by atoms with Crippen molar-refractivity contribution in [2.75, 3.05) is 26.4 Å². The minimum atomic E-state index is -0.579. The minimum Gasteiger partial charge on any atom is -0.508 e. The zero-order valence-electron chi connectivity index (χ0n) is 43.6. The molecule has 0 fully saturated rings. The van der Waals surface area contributed by atoms with E-state index < -0.39 is 5.97 Å². The van der Waals surface area contributed by atoms with Crippen molar-refractivity contribution in [3.8, 4) is 34.5 Å². The Hall–Kier alpha value is -4.20. The lowest BCUT2D eigenvalue weighted by Crippen LogP contribution is -2.12. The summed E-state index contributed by atoms with van der Waals surface area (Å²) >= 11 is 0. The van der Waals surface area contributed by atoms with Crippen LogP contribution in [0.2, 0.25) is 0 Å². The Kier molecular flexibility index (Phi) is 33.9. The molecule has 0 unspecified atom stereocenters. The topological polar surface area (TPSA) is 95.8 Å². The number of benzene rings is 3. The van der Waals surface area contributed by atoms with Gasteiger partial charge in [0.25, 0.3) is 0 Å². The van der Waals surface area contributed by atoms with Crippen molar-refractivity contribution in [1.29, 1.82) is 0 Å². The molecule has 0 spiro atoms. The molecule has 3 rings (SSSR count). The van der Waals surface area contributed by atoms with Gasteiger partial charge in [-0.15, -0.1) is 0 Å². The van der Waals surface area contributed by atoms with Crippen LogP contribution in [0.3, 0.4) is 0 Å². The molecule has 382 valence electrons. The molecule has 0 saturated heterocycles. The average molecular weight is 942 g/mol. The summed E-state index contributed by atoms with van der Waals surface area (Å²) in [5.74, 6) is 1.98. The van der Waals surface area contributed by atoms with Gasteiger partial charge in [-0.05, 0) is 74.2 Å². The summed E-state index contributed by atoms with van der Waals surface area (Å²) in [6, 6.07) is 15.9. The molecular weight excluding hydrogens is 847 g/mol. The van der Waals surface area contributed by atoms with Crippen molar-refractivity contribution < 1.29 is 33.6 Å². The number of hydrogen-bond donors (Lipinski definition) is 1. The average Bonchev–Trinajstić information content (AvgIpc) is 3.34. The number of hydrogen-bond acceptors (Lipinski definition) is 8. The predicted molar refractivity (Wildman–Crippen MR) is 286 cm³/mol. The van der Waals surface area contributed by atoms with Crippen LogP contribution in [0.25, 0.3) is 0 Å². The van der Waals surface area contributed by atoms with Gasteiger partial charge in [-0.3, -0.25) is 4.99 Å². The van der Waals surface area contributed by atoms with E-state index in [0.717, 1.165) is 56.4 Å². The first-order valence-corrected chi connectivity index (χ1v) is 27.9. The van der Waals surface area contributed by atoms with Gasteiger partial charge in [-0.1, -0.05) is 207 Å². The highest BCUT2D eigenvalue weighted by Gasteiger charge is 2.21. The van der Waals surface area contributed by atoms with Crippen molar-refractivity contribution in [3.63, 3.8) is 0 Å². The van der Waals surface area contributed by atoms with E-state index in [0.29, 0.717) is 54.8 Å². The van der Waals surface area contributed by atoms with Gasteiger partial charge in [0.15, 0.2) is 11.5 Å². The van der Waals surface area contributed by atoms with Crippen LogP contribution in [-0.4, -0.2) is 43.7 Å². The second kappa shape index (κ2) is 39.6. The van der Waals surface area contributed by atoms with E-state index in [9.17, 15) is 9.90 Å². The first-order valence-electron chi connectivity index (χ1n) is 27.9. The number of carbonyl (C=O) groups is 1. The van der Waals surface area contributed by atoms with Crippen LogP contribution in [0.5, 0.6) is 34.5 Å². The van der Waals surface area contributed by atoms with Gasteiger partial charge in [0, 0.05) is 17.8 Å². The van der Waals surface area contributed by atoms with Crippen LogP contribution in [0, 0.1) is 0 Å². The Morgan fingerprint density at radius 3 is 1.25 bits per heavy atom. The third-order valence-corrected chi connectivity index (χ3v) is 12.6. The lowest BCUT2D eigenvalue weighted by Gasteiger charge is -2.19. The summed E-state index contributed by atoms with van der Waals surface area (Å²) in [5.41, 5.74) is 1.64. The van der Waals surface area contributed by atoms with E-state index in [4.69, 9.17) is 23.7 Å². The highest BCUT2D eigenvalue weighted by molar-refractivity contribution is 5.93. The molecule has 8 heteroatoms. The molecule has 3 aromatic carbocycles. The Morgan fingerprint density at radius 2 is 0.824 bits per heavy atom. The quantitative estimate of drug-likeness (QED) is 0.0261. The summed E-state index contributed by atoms with van der Waals surface area (Å²) in [5, 5.41) is 10.7. The monoisotopic (exact) mass is 942 g/mol. The Bertz CT molecular complexity index is 1680. The zero-order valence-corrected chi connectivity index (χ0v) is 43.6. The number of unbranched alkanes of at least 4 members (excludes halogenated alkanes) is 28. The SMILES string of the molecule is CCCCCCCCCCOc1ccc(N=Cc2cc(O)cc(OC(=O)c3cc(OCCCCCCCCCC)c(OCCCCCCCCCC)c(OCCCCCCCCCC)c3)c2)cc1.